The lowest BCUT2D eigenvalue weighted by molar-refractivity contribution is 0.361. The van der Waals surface area contributed by atoms with Gasteiger partial charge in [0.1, 0.15) is 0 Å². The second-order valence-corrected chi connectivity index (χ2v) is 2.33. The van der Waals surface area contributed by atoms with Crippen molar-refractivity contribution in [1.29, 1.82) is 0 Å². The monoisotopic (exact) mass is 113 g/mol. The van der Waals surface area contributed by atoms with Crippen LogP contribution in [0.5, 0.6) is 0 Å². The van der Waals surface area contributed by atoms with Gasteiger partial charge in [-0.05, 0) is 20.1 Å². The molecule has 1 aliphatic rings. The van der Waals surface area contributed by atoms with Gasteiger partial charge in [0.15, 0.2) is 0 Å². The van der Waals surface area contributed by atoms with E-state index >= 15 is 0 Å². The standard InChI is InChI=1S/C6H13N2/c1-8-5-2-3-7-4-6-8/h2-6H2,1H3/q-1. The predicted octanol–water partition coefficient (Wildman–Crippen LogP) is 0.696. The molecule has 2 heteroatoms. The molecule has 0 aromatic carbocycles. The Bertz CT molecular complexity index is 55.5. The normalized spacial score (nSPS) is 25.1. The summed E-state index contributed by atoms with van der Waals surface area (Å²) in [6.45, 7) is 4.49. The van der Waals surface area contributed by atoms with Gasteiger partial charge in [-0.25, -0.2) is 0 Å². The van der Waals surface area contributed by atoms with E-state index in [4.69, 9.17) is 0 Å². The number of likely N-dealkylation sites (N-methyl/N-ethyl adjacent to an activating group) is 1. The lowest BCUT2D eigenvalue weighted by Crippen LogP contribution is -2.20. The zero-order valence-electron chi connectivity index (χ0n) is 5.43. The average molecular weight is 113 g/mol. The highest BCUT2D eigenvalue weighted by Crippen LogP contribution is 1.98. The molecule has 2 nitrogen and oxygen atoms in total. The van der Waals surface area contributed by atoms with Crippen LogP contribution in [0.15, 0.2) is 0 Å². The summed E-state index contributed by atoms with van der Waals surface area (Å²) >= 11 is 0. The Morgan fingerprint density at radius 2 is 2.12 bits per heavy atom. The SMILES string of the molecule is CN1CCC[N-]CC1. The van der Waals surface area contributed by atoms with Crippen molar-refractivity contribution in [1.82, 2.24) is 4.90 Å². The topological polar surface area (TPSA) is 17.3 Å². The number of rotatable bonds is 0. The highest BCUT2D eigenvalue weighted by atomic mass is 15.1. The van der Waals surface area contributed by atoms with Crippen LogP contribution >= 0.6 is 0 Å². The summed E-state index contributed by atoms with van der Waals surface area (Å²) in [4.78, 5) is 2.33. The average Bonchev–Trinajstić information content (AvgIpc) is 1.94. The Labute approximate surface area is 50.9 Å². The van der Waals surface area contributed by atoms with E-state index in [-0.39, 0.29) is 0 Å². The van der Waals surface area contributed by atoms with Gasteiger partial charge in [0.25, 0.3) is 0 Å². The quantitative estimate of drug-likeness (QED) is 0.452. The Balaban J connectivity index is 2.17. The van der Waals surface area contributed by atoms with Gasteiger partial charge in [-0.2, -0.15) is 0 Å². The third-order valence-corrected chi connectivity index (χ3v) is 1.50. The molecule has 0 aliphatic carbocycles. The minimum absolute atomic E-state index is 1.04. The first-order chi connectivity index (χ1) is 3.89. The van der Waals surface area contributed by atoms with E-state index in [1.807, 2.05) is 0 Å². The molecular formula is C6H13N2-. The molecule has 0 N–H and O–H groups in total. The smallest absolute Gasteiger partial charge is 0.00389 e. The van der Waals surface area contributed by atoms with Crippen LogP contribution in [-0.2, 0) is 0 Å². The summed E-state index contributed by atoms with van der Waals surface area (Å²) in [7, 11) is 2.15. The van der Waals surface area contributed by atoms with E-state index in [2.05, 4.69) is 17.3 Å². The maximum Gasteiger partial charge on any atom is -0.00389 e. The molecule has 1 aliphatic heterocycles. The van der Waals surface area contributed by atoms with Crippen LogP contribution in [0.25, 0.3) is 5.32 Å². The van der Waals surface area contributed by atoms with E-state index in [9.17, 15) is 0 Å². The first-order valence-electron chi connectivity index (χ1n) is 3.21. The van der Waals surface area contributed by atoms with Crippen LogP contribution in [0.1, 0.15) is 6.42 Å². The Kier molecular flexibility index (Phi) is 2.30. The van der Waals surface area contributed by atoms with Crippen molar-refractivity contribution in [3.05, 3.63) is 5.32 Å². The van der Waals surface area contributed by atoms with Crippen molar-refractivity contribution < 1.29 is 0 Å². The molecule has 0 atom stereocenters. The van der Waals surface area contributed by atoms with Gasteiger partial charge in [-0.3, -0.25) is 0 Å². The minimum Gasteiger partial charge on any atom is -0.661 e. The van der Waals surface area contributed by atoms with Crippen molar-refractivity contribution >= 4 is 0 Å². The molecule has 0 amide bonds. The van der Waals surface area contributed by atoms with Crippen LogP contribution in [0.3, 0.4) is 0 Å². The second kappa shape index (κ2) is 3.05. The molecule has 8 heavy (non-hydrogen) atoms. The van der Waals surface area contributed by atoms with Crippen molar-refractivity contribution in [3.63, 3.8) is 0 Å². The zero-order chi connectivity index (χ0) is 5.82. The summed E-state index contributed by atoms with van der Waals surface area (Å²) < 4.78 is 0. The van der Waals surface area contributed by atoms with Crippen molar-refractivity contribution in [2.75, 3.05) is 33.2 Å². The van der Waals surface area contributed by atoms with Crippen LogP contribution in [-0.4, -0.2) is 38.1 Å². The molecule has 1 rings (SSSR count). The van der Waals surface area contributed by atoms with Crippen molar-refractivity contribution in [2.45, 2.75) is 6.42 Å². The molecule has 0 bridgehead atoms. The maximum absolute atomic E-state index is 4.28. The fraction of sp³-hybridized carbons (Fsp3) is 1.00. The van der Waals surface area contributed by atoms with Gasteiger partial charge >= 0.3 is 0 Å². The first kappa shape index (κ1) is 6.05. The molecule has 48 valence electrons. The van der Waals surface area contributed by atoms with Crippen molar-refractivity contribution in [3.8, 4) is 0 Å². The predicted molar refractivity (Wildman–Crippen MR) is 35.2 cm³/mol. The van der Waals surface area contributed by atoms with Gasteiger partial charge < -0.3 is 10.2 Å². The van der Waals surface area contributed by atoms with E-state index in [0.29, 0.717) is 0 Å². The lowest BCUT2D eigenvalue weighted by atomic mass is 10.4. The van der Waals surface area contributed by atoms with Gasteiger partial charge in [0.05, 0.1) is 0 Å². The number of hydrogen-bond donors (Lipinski definition) is 0. The first-order valence-corrected chi connectivity index (χ1v) is 3.21. The molecule has 0 aromatic heterocycles. The van der Waals surface area contributed by atoms with Crippen LogP contribution in [0, 0.1) is 0 Å². The Hall–Kier alpha value is -0.0800. The summed E-state index contributed by atoms with van der Waals surface area (Å²) in [6.07, 6.45) is 1.25. The third-order valence-electron chi connectivity index (χ3n) is 1.50. The molecule has 0 aromatic rings. The molecule has 1 fully saturated rings. The molecule has 0 saturated carbocycles. The van der Waals surface area contributed by atoms with Crippen LogP contribution in [0.4, 0.5) is 0 Å². The number of nitrogens with zero attached hydrogens (tertiary/aromatic N) is 2. The summed E-state index contributed by atoms with van der Waals surface area (Å²) in [5.41, 5.74) is 0. The minimum atomic E-state index is 1.04. The van der Waals surface area contributed by atoms with E-state index in [0.717, 1.165) is 19.6 Å². The molecule has 1 heterocycles. The van der Waals surface area contributed by atoms with Gasteiger partial charge in [0, 0.05) is 0 Å². The number of hydrogen-bond acceptors (Lipinski definition) is 1. The molecular weight excluding hydrogens is 100 g/mol. The summed E-state index contributed by atoms with van der Waals surface area (Å²) in [5, 5.41) is 4.28. The molecule has 0 unspecified atom stereocenters. The third kappa shape index (κ3) is 1.80. The van der Waals surface area contributed by atoms with Crippen LogP contribution < -0.4 is 0 Å². The highest BCUT2D eigenvalue weighted by Gasteiger charge is 1.94. The fourth-order valence-electron chi connectivity index (χ4n) is 0.917. The molecule has 0 radical (unpaired) electrons. The van der Waals surface area contributed by atoms with E-state index < -0.39 is 0 Å². The Morgan fingerprint density at radius 3 is 3.00 bits per heavy atom. The van der Waals surface area contributed by atoms with Crippen LogP contribution in [0.2, 0.25) is 0 Å². The van der Waals surface area contributed by atoms with Gasteiger partial charge in [0.2, 0.25) is 0 Å². The van der Waals surface area contributed by atoms with Gasteiger partial charge in [-0.15, -0.1) is 13.1 Å². The van der Waals surface area contributed by atoms with E-state index in [1.165, 1.54) is 13.0 Å². The van der Waals surface area contributed by atoms with Gasteiger partial charge in [-0.1, -0.05) is 6.42 Å². The maximum atomic E-state index is 4.28. The molecule has 1 saturated heterocycles. The van der Waals surface area contributed by atoms with Crippen molar-refractivity contribution in [2.24, 2.45) is 0 Å². The highest BCUT2D eigenvalue weighted by molar-refractivity contribution is 4.83. The lowest BCUT2D eigenvalue weighted by Gasteiger charge is -2.14. The Morgan fingerprint density at radius 1 is 1.25 bits per heavy atom. The van der Waals surface area contributed by atoms with E-state index in [1.54, 1.807) is 0 Å². The zero-order valence-corrected chi connectivity index (χ0v) is 5.43. The summed E-state index contributed by atoms with van der Waals surface area (Å²) in [5.74, 6) is 0. The second-order valence-electron chi connectivity index (χ2n) is 2.33. The summed E-state index contributed by atoms with van der Waals surface area (Å²) in [6, 6.07) is 0. The fourth-order valence-corrected chi connectivity index (χ4v) is 0.917. The largest absolute Gasteiger partial charge is 0.661 e. The molecule has 0 spiro atoms.